The second-order valence-electron chi connectivity index (χ2n) is 3.42. The molecule has 1 rings (SSSR count). The number of hydrogen-bond acceptors (Lipinski definition) is 2. The molecule has 6 N–H and O–H groups in total. The molecular weight excluding hydrogens is 200 g/mol. The van der Waals surface area contributed by atoms with Crippen molar-refractivity contribution < 1.29 is 19.8 Å². The third-order valence-corrected chi connectivity index (χ3v) is 1.89. The minimum Gasteiger partial charge on any atom is -0.465 e. The van der Waals surface area contributed by atoms with E-state index < -0.39 is 12.2 Å². The normalized spacial score (nSPS) is 15.0. The van der Waals surface area contributed by atoms with Crippen molar-refractivity contribution in [1.29, 1.82) is 0 Å². The van der Waals surface area contributed by atoms with Crippen molar-refractivity contribution in [3.8, 4) is 0 Å². The van der Waals surface area contributed by atoms with Crippen LogP contribution in [0.3, 0.4) is 0 Å². The fraction of sp³-hybridized carbons (Fsp3) is 0.778. The van der Waals surface area contributed by atoms with Gasteiger partial charge in [0.25, 0.3) is 0 Å². The summed E-state index contributed by atoms with van der Waals surface area (Å²) >= 11 is 0. The fourth-order valence-electron chi connectivity index (χ4n) is 1.31. The van der Waals surface area contributed by atoms with Gasteiger partial charge in [-0.15, -0.1) is 0 Å². The Labute approximate surface area is 89.3 Å². The minimum atomic E-state index is -1.33. The Morgan fingerprint density at radius 2 is 1.27 bits per heavy atom. The van der Waals surface area contributed by atoms with E-state index in [0.717, 1.165) is 5.92 Å². The minimum absolute atomic E-state index is 1.04. The predicted octanol–water partition coefficient (Wildman–Crippen LogP) is 1.83. The average molecular weight is 220 g/mol. The van der Waals surface area contributed by atoms with Crippen LogP contribution in [0, 0.1) is 5.92 Å². The second-order valence-corrected chi connectivity index (χ2v) is 3.42. The molecule has 0 aromatic heterocycles. The molecule has 6 heteroatoms. The molecule has 90 valence electrons. The Balaban J connectivity index is 0. The Morgan fingerprint density at radius 1 is 1.00 bits per heavy atom. The first-order chi connectivity index (χ1) is 6.86. The average Bonchev–Trinajstić information content (AvgIpc) is 2.03. The summed E-state index contributed by atoms with van der Waals surface area (Å²) in [7, 11) is 0. The lowest BCUT2D eigenvalue weighted by Crippen LogP contribution is -2.03. The number of carbonyl (C=O) groups is 2. The van der Waals surface area contributed by atoms with Crippen LogP contribution in [0.5, 0.6) is 0 Å². The van der Waals surface area contributed by atoms with E-state index >= 15 is 0 Å². The molecular formula is C9H20N2O4. The van der Waals surface area contributed by atoms with Gasteiger partial charge in [-0.05, 0) is 5.92 Å². The van der Waals surface area contributed by atoms with E-state index in [-0.39, 0.29) is 0 Å². The fourth-order valence-corrected chi connectivity index (χ4v) is 1.31. The molecule has 15 heavy (non-hydrogen) atoms. The molecule has 1 fully saturated rings. The number of amides is 2. The summed E-state index contributed by atoms with van der Waals surface area (Å²) < 4.78 is 0. The van der Waals surface area contributed by atoms with Gasteiger partial charge >= 0.3 is 12.2 Å². The van der Waals surface area contributed by atoms with E-state index in [0.29, 0.717) is 0 Å². The smallest absolute Gasteiger partial charge is 0.402 e. The summed E-state index contributed by atoms with van der Waals surface area (Å²) in [6.07, 6.45) is 4.77. The van der Waals surface area contributed by atoms with Crippen LogP contribution in [0.15, 0.2) is 0 Å². The quantitative estimate of drug-likeness (QED) is 0.496. The Morgan fingerprint density at radius 3 is 1.40 bits per heavy atom. The molecule has 0 spiro atoms. The topological polar surface area (TPSA) is 127 Å². The van der Waals surface area contributed by atoms with Gasteiger partial charge in [-0.3, -0.25) is 0 Å². The first-order valence-corrected chi connectivity index (χ1v) is 4.83. The SMILES string of the molecule is CC1CCCCC1.NC(=O)O.NC(=O)O. The van der Waals surface area contributed by atoms with Crippen molar-refractivity contribution in [3.05, 3.63) is 0 Å². The maximum absolute atomic E-state index is 8.78. The highest BCUT2D eigenvalue weighted by Crippen LogP contribution is 2.21. The number of rotatable bonds is 0. The van der Waals surface area contributed by atoms with Gasteiger partial charge in [0.05, 0.1) is 0 Å². The van der Waals surface area contributed by atoms with Crippen LogP contribution in [0.4, 0.5) is 9.59 Å². The third kappa shape index (κ3) is 32.6. The van der Waals surface area contributed by atoms with Crippen LogP contribution >= 0.6 is 0 Å². The molecule has 0 aliphatic heterocycles. The molecule has 0 radical (unpaired) electrons. The zero-order valence-electron chi connectivity index (χ0n) is 8.98. The van der Waals surface area contributed by atoms with E-state index in [1.54, 1.807) is 0 Å². The van der Waals surface area contributed by atoms with Crippen LogP contribution in [-0.4, -0.2) is 22.4 Å². The van der Waals surface area contributed by atoms with E-state index in [2.05, 4.69) is 18.4 Å². The molecule has 1 aliphatic carbocycles. The van der Waals surface area contributed by atoms with Crippen molar-refractivity contribution in [2.45, 2.75) is 39.0 Å². The van der Waals surface area contributed by atoms with Crippen molar-refractivity contribution in [2.24, 2.45) is 17.4 Å². The van der Waals surface area contributed by atoms with Gasteiger partial charge < -0.3 is 21.7 Å². The monoisotopic (exact) mass is 220 g/mol. The number of hydrogen-bond donors (Lipinski definition) is 4. The summed E-state index contributed by atoms with van der Waals surface area (Å²) in [5.74, 6) is 1.04. The molecule has 6 nitrogen and oxygen atoms in total. The van der Waals surface area contributed by atoms with E-state index in [1.165, 1.54) is 32.1 Å². The van der Waals surface area contributed by atoms with Gasteiger partial charge in [0.1, 0.15) is 0 Å². The zero-order valence-corrected chi connectivity index (χ0v) is 8.98. The molecule has 0 heterocycles. The Hall–Kier alpha value is -1.46. The standard InChI is InChI=1S/C7H14.2CH3NO2/c1-7-5-3-2-4-6-7;2*2-1(3)4/h7H,2-6H2,1H3;2*2H2,(H,3,4). The first-order valence-electron chi connectivity index (χ1n) is 4.83. The van der Waals surface area contributed by atoms with E-state index in [4.69, 9.17) is 19.8 Å². The summed E-state index contributed by atoms with van der Waals surface area (Å²) in [5.41, 5.74) is 8.06. The van der Waals surface area contributed by atoms with Crippen LogP contribution in [0.25, 0.3) is 0 Å². The van der Waals surface area contributed by atoms with Gasteiger partial charge in [0.15, 0.2) is 0 Å². The predicted molar refractivity (Wildman–Crippen MR) is 56.7 cm³/mol. The highest BCUT2D eigenvalue weighted by molar-refractivity contribution is 5.61. The van der Waals surface area contributed by atoms with E-state index in [1.807, 2.05) is 0 Å². The molecule has 2 amide bonds. The molecule has 0 atom stereocenters. The number of primary amides is 2. The number of carboxylic acid groups (broad SMARTS) is 2. The molecule has 0 bridgehead atoms. The highest BCUT2D eigenvalue weighted by atomic mass is 16.4. The lowest BCUT2D eigenvalue weighted by Gasteiger charge is -2.15. The summed E-state index contributed by atoms with van der Waals surface area (Å²) in [5, 5.41) is 14.4. The molecule has 1 aliphatic rings. The molecule has 0 saturated heterocycles. The maximum atomic E-state index is 8.78. The van der Waals surface area contributed by atoms with Gasteiger partial charge in [0.2, 0.25) is 0 Å². The number of nitrogens with two attached hydrogens (primary N) is 2. The lowest BCUT2D eigenvalue weighted by atomic mass is 9.91. The van der Waals surface area contributed by atoms with Gasteiger partial charge in [-0.2, -0.15) is 0 Å². The van der Waals surface area contributed by atoms with Crippen LogP contribution in [-0.2, 0) is 0 Å². The van der Waals surface area contributed by atoms with E-state index in [9.17, 15) is 0 Å². The van der Waals surface area contributed by atoms with Crippen LogP contribution in [0.2, 0.25) is 0 Å². The second kappa shape index (κ2) is 10.6. The summed E-state index contributed by atoms with van der Waals surface area (Å²) in [6.45, 7) is 2.36. The maximum Gasteiger partial charge on any atom is 0.402 e. The molecule has 0 aromatic carbocycles. The van der Waals surface area contributed by atoms with Crippen molar-refractivity contribution in [1.82, 2.24) is 0 Å². The van der Waals surface area contributed by atoms with Crippen LogP contribution in [0.1, 0.15) is 39.0 Å². The molecule has 1 saturated carbocycles. The third-order valence-electron chi connectivity index (χ3n) is 1.89. The van der Waals surface area contributed by atoms with Crippen molar-refractivity contribution in [3.63, 3.8) is 0 Å². The summed E-state index contributed by atoms with van der Waals surface area (Å²) in [6, 6.07) is 0. The van der Waals surface area contributed by atoms with Crippen molar-refractivity contribution >= 4 is 12.2 Å². The van der Waals surface area contributed by atoms with Crippen molar-refractivity contribution in [2.75, 3.05) is 0 Å². The highest BCUT2D eigenvalue weighted by Gasteiger charge is 2.05. The lowest BCUT2D eigenvalue weighted by molar-refractivity contribution is 0.204. The first kappa shape index (κ1) is 16.0. The Bertz CT molecular complexity index is 159. The molecule has 0 unspecified atom stereocenters. The van der Waals surface area contributed by atoms with Gasteiger partial charge in [-0.1, -0.05) is 39.0 Å². The van der Waals surface area contributed by atoms with Gasteiger partial charge in [0, 0.05) is 0 Å². The van der Waals surface area contributed by atoms with Gasteiger partial charge in [-0.25, -0.2) is 9.59 Å². The largest absolute Gasteiger partial charge is 0.465 e. The Kier molecular flexibility index (Phi) is 11.3. The van der Waals surface area contributed by atoms with Crippen LogP contribution < -0.4 is 11.5 Å². The molecule has 0 aromatic rings. The summed E-state index contributed by atoms with van der Waals surface area (Å²) in [4.78, 5) is 17.6. The zero-order chi connectivity index (χ0) is 12.3.